The molecule has 1 N–H and O–H groups in total. The highest BCUT2D eigenvalue weighted by atomic mass is 16.6. The molecule has 4 rings (SSSR count). The Morgan fingerprint density at radius 3 is 2.29 bits per heavy atom. The van der Waals surface area contributed by atoms with Gasteiger partial charge in [0.1, 0.15) is 11.4 Å². The highest BCUT2D eigenvalue weighted by Gasteiger charge is 2.19. The topological polar surface area (TPSA) is 99.3 Å². The average molecular weight is 414 g/mol. The van der Waals surface area contributed by atoms with E-state index in [9.17, 15) is 14.9 Å². The quantitative estimate of drug-likeness (QED) is 0.364. The van der Waals surface area contributed by atoms with Crippen molar-refractivity contribution in [1.82, 2.24) is 9.78 Å². The Morgan fingerprint density at radius 2 is 1.68 bits per heavy atom. The number of nitro benzene ring substituents is 1. The Bertz CT molecular complexity index is 1220. The molecule has 8 nitrogen and oxygen atoms in total. The molecule has 0 aliphatic rings. The molecule has 0 unspecified atom stereocenters. The number of benzene rings is 3. The van der Waals surface area contributed by atoms with E-state index < -0.39 is 4.92 Å². The van der Waals surface area contributed by atoms with Crippen LogP contribution in [0.3, 0.4) is 0 Å². The van der Waals surface area contributed by atoms with Gasteiger partial charge in [-0.2, -0.15) is 5.10 Å². The maximum Gasteiger partial charge on any atom is 0.269 e. The fourth-order valence-electron chi connectivity index (χ4n) is 3.08. The second-order valence-electron chi connectivity index (χ2n) is 6.66. The summed E-state index contributed by atoms with van der Waals surface area (Å²) < 4.78 is 6.85. The van der Waals surface area contributed by atoms with E-state index >= 15 is 0 Å². The van der Waals surface area contributed by atoms with Crippen LogP contribution in [0.25, 0.3) is 16.9 Å². The maximum atomic E-state index is 13.1. The summed E-state index contributed by atoms with van der Waals surface area (Å²) in [4.78, 5) is 23.4. The molecule has 0 aliphatic heterocycles. The third kappa shape index (κ3) is 4.27. The van der Waals surface area contributed by atoms with Crippen LogP contribution in [0.4, 0.5) is 11.4 Å². The van der Waals surface area contributed by atoms with Crippen molar-refractivity contribution in [2.75, 3.05) is 12.4 Å². The highest BCUT2D eigenvalue weighted by Crippen LogP contribution is 2.27. The van der Waals surface area contributed by atoms with Gasteiger partial charge in [0, 0.05) is 29.6 Å². The lowest BCUT2D eigenvalue weighted by atomic mass is 10.1. The molecule has 154 valence electrons. The van der Waals surface area contributed by atoms with Gasteiger partial charge in [0.25, 0.3) is 11.6 Å². The van der Waals surface area contributed by atoms with Crippen LogP contribution in [-0.2, 0) is 0 Å². The average Bonchev–Trinajstić information content (AvgIpc) is 3.26. The minimum Gasteiger partial charge on any atom is -0.497 e. The van der Waals surface area contributed by atoms with Crippen molar-refractivity contribution in [2.24, 2.45) is 0 Å². The molecule has 0 spiro atoms. The van der Waals surface area contributed by atoms with Gasteiger partial charge in [-0.3, -0.25) is 14.9 Å². The van der Waals surface area contributed by atoms with Gasteiger partial charge in [-0.25, -0.2) is 4.68 Å². The molecule has 0 aliphatic carbocycles. The number of hydrogen-bond acceptors (Lipinski definition) is 5. The lowest BCUT2D eigenvalue weighted by Crippen LogP contribution is -2.12. The second-order valence-corrected chi connectivity index (χ2v) is 6.66. The van der Waals surface area contributed by atoms with E-state index in [1.165, 1.54) is 24.3 Å². The van der Waals surface area contributed by atoms with Crippen LogP contribution in [0.15, 0.2) is 85.1 Å². The van der Waals surface area contributed by atoms with Crippen LogP contribution in [-0.4, -0.2) is 27.7 Å². The zero-order valence-corrected chi connectivity index (χ0v) is 16.6. The van der Waals surface area contributed by atoms with Gasteiger partial charge >= 0.3 is 0 Å². The van der Waals surface area contributed by atoms with Gasteiger partial charge < -0.3 is 10.1 Å². The van der Waals surface area contributed by atoms with Crippen molar-refractivity contribution in [3.63, 3.8) is 0 Å². The van der Waals surface area contributed by atoms with Crippen LogP contribution < -0.4 is 10.1 Å². The number of amides is 1. The SMILES string of the molecule is COc1ccc(-c2nn(-c3ccccc3)cc2C(=O)Nc2ccc([N+](=O)[O-])cc2)cc1. The molecule has 1 amide bonds. The molecule has 31 heavy (non-hydrogen) atoms. The molecule has 0 fully saturated rings. The van der Waals surface area contributed by atoms with Crippen LogP contribution in [0.2, 0.25) is 0 Å². The van der Waals surface area contributed by atoms with Crippen molar-refractivity contribution in [1.29, 1.82) is 0 Å². The molecule has 3 aromatic carbocycles. The lowest BCUT2D eigenvalue weighted by Gasteiger charge is -2.06. The molecule has 4 aromatic rings. The number of anilines is 1. The predicted octanol–water partition coefficient (Wildman–Crippen LogP) is 4.71. The fraction of sp³-hybridized carbons (Fsp3) is 0.0435. The Hall–Kier alpha value is -4.46. The first-order chi connectivity index (χ1) is 15.0. The Morgan fingerprint density at radius 1 is 1.00 bits per heavy atom. The third-order valence-electron chi connectivity index (χ3n) is 4.68. The van der Waals surface area contributed by atoms with Gasteiger partial charge in [-0.05, 0) is 48.5 Å². The summed E-state index contributed by atoms with van der Waals surface area (Å²) in [6.45, 7) is 0. The van der Waals surface area contributed by atoms with E-state index in [0.717, 1.165) is 11.3 Å². The molecule has 0 bridgehead atoms. The molecule has 8 heteroatoms. The van der Waals surface area contributed by atoms with Gasteiger partial charge in [0.15, 0.2) is 0 Å². The number of nitrogens with zero attached hydrogens (tertiary/aromatic N) is 3. The van der Waals surface area contributed by atoms with Crippen molar-refractivity contribution >= 4 is 17.3 Å². The van der Waals surface area contributed by atoms with Gasteiger partial charge in [-0.15, -0.1) is 0 Å². The molecule has 1 aromatic heterocycles. The summed E-state index contributed by atoms with van der Waals surface area (Å²) in [5, 5.41) is 18.3. The number of nitrogens with one attached hydrogen (secondary N) is 1. The molecule has 0 saturated heterocycles. The summed E-state index contributed by atoms with van der Waals surface area (Å²) >= 11 is 0. The van der Waals surface area contributed by atoms with E-state index in [4.69, 9.17) is 4.74 Å². The van der Waals surface area contributed by atoms with Crippen LogP contribution in [0, 0.1) is 10.1 Å². The summed E-state index contributed by atoms with van der Waals surface area (Å²) in [5.74, 6) is 0.324. The minimum absolute atomic E-state index is 0.0474. The number of hydrogen-bond donors (Lipinski definition) is 1. The smallest absolute Gasteiger partial charge is 0.269 e. The maximum absolute atomic E-state index is 13.1. The lowest BCUT2D eigenvalue weighted by molar-refractivity contribution is -0.384. The predicted molar refractivity (Wildman–Crippen MR) is 117 cm³/mol. The van der Waals surface area contributed by atoms with Crippen LogP contribution in [0.5, 0.6) is 5.75 Å². The van der Waals surface area contributed by atoms with Gasteiger partial charge in [-0.1, -0.05) is 18.2 Å². The van der Waals surface area contributed by atoms with Crippen molar-refractivity contribution in [3.05, 3.63) is 101 Å². The Labute approximate surface area is 177 Å². The zero-order chi connectivity index (χ0) is 21.8. The van der Waals surface area contributed by atoms with Crippen molar-refractivity contribution in [2.45, 2.75) is 0 Å². The fourth-order valence-corrected chi connectivity index (χ4v) is 3.08. The monoisotopic (exact) mass is 414 g/mol. The number of rotatable bonds is 6. The van der Waals surface area contributed by atoms with Gasteiger partial charge in [0.05, 0.1) is 23.3 Å². The second kappa shape index (κ2) is 8.50. The van der Waals surface area contributed by atoms with E-state index in [1.54, 1.807) is 30.1 Å². The summed E-state index contributed by atoms with van der Waals surface area (Å²) in [7, 11) is 1.59. The van der Waals surface area contributed by atoms with E-state index in [0.29, 0.717) is 22.7 Å². The molecule has 0 saturated carbocycles. The number of non-ortho nitro benzene ring substituents is 1. The largest absolute Gasteiger partial charge is 0.497 e. The Kier molecular flexibility index (Phi) is 5.44. The molecular formula is C23H18N4O4. The zero-order valence-electron chi connectivity index (χ0n) is 16.6. The van der Waals surface area contributed by atoms with E-state index in [-0.39, 0.29) is 11.6 Å². The molecule has 0 atom stereocenters. The normalized spacial score (nSPS) is 10.5. The number of ether oxygens (including phenoxy) is 1. The van der Waals surface area contributed by atoms with Crippen molar-refractivity contribution in [3.8, 4) is 22.7 Å². The highest BCUT2D eigenvalue weighted by molar-refractivity contribution is 6.08. The summed E-state index contributed by atoms with van der Waals surface area (Å²) in [6.07, 6.45) is 1.66. The number of para-hydroxylation sites is 1. The molecular weight excluding hydrogens is 396 g/mol. The number of carbonyl (C=O) groups excluding carboxylic acids is 1. The first-order valence-corrected chi connectivity index (χ1v) is 9.40. The number of nitro groups is 1. The number of aromatic nitrogens is 2. The van der Waals surface area contributed by atoms with Crippen molar-refractivity contribution < 1.29 is 14.5 Å². The van der Waals surface area contributed by atoms with E-state index in [2.05, 4.69) is 10.4 Å². The Balaban J connectivity index is 1.71. The standard InChI is InChI=1S/C23H18N4O4/c1-31-20-13-7-16(8-14-20)22-21(15-26(25-22)18-5-3-2-4-6-18)23(28)24-17-9-11-19(12-10-17)27(29)30/h2-15H,1H3,(H,24,28). The third-order valence-corrected chi connectivity index (χ3v) is 4.68. The first-order valence-electron chi connectivity index (χ1n) is 9.40. The number of methoxy groups -OCH3 is 1. The summed E-state index contributed by atoms with van der Waals surface area (Å²) in [5.41, 5.74) is 2.84. The molecule has 0 radical (unpaired) electrons. The summed E-state index contributed by atoms with van der Waals surface area (Å²) in [6, 6.07) is 22.4. The first kappa shape index (κ1) is 19.8. The van der Waals surface area contributed by atoms with Gasteiger partial charge in [0.2, 0.25) is 0 Å². The van der Waals surface area contributed by atoms with Crippen LogP contribution in [0.1, 0.15) is 10.4 Å². The minimum atomic E-state index is -0.489. The number of carbonyl (C=O) groups is 1. The van der Waals surface area contributed by atoms with E-state index in [1.807, 2.05) is 42.5 Å². The molecule has 1 heterocycles. The van der Waals surface area contributed by atoms with Crippen LogP contribution >= 0.6 is 0 Å².